The fourth-order valence-electron chi connectivity index (χ4n) is 1.39. The molecule has 0 spiro atoms. The number of hydrogen-bond donors (Lipinski definition) is 2. The van der Waals surface area contributed by atoms with Crippen LogP contribution in [0, 0.1) is 11.7 Å². The molecule has 0 bridgehead atoms. The molecule has 17 heavy (non-hydrogen) atoms. The largest absolute Gasteiger partial charge is 0.491 e. The highest BCUT2D eigenvalue weighted by Gasteiger charge is 2.16. The minimum atomic E-state index is -1.79. The molecule has 3 nitrogen and oxygen atoms in total. The van der Waals surface area contributed by atoms with Crippen molar-refractivity contribution in [3.8, 4) is 0 Å². The van der Waals surface area contributed by atoms with Gasteiger partial charge in [0.25, 0.3) is 0 Å². The summed E-state index contributed by atoms with van der Waals surface area (Å²) in [6.07, 6.45) is 0.969. The first-order chi connectivity index (χ1) is 8.00. The minimum absolute atomic E-state index is 0.116. The van der Waals surface area contributed by atoms with Crippen molar-refractivity contribution in [3.05, 3.63) is 29.6 Å². The molecule has 0 unspecified atom stereocenters. The van der Waals surface area contributed by atoms with E-state index >= 15 is 0 Å². The van der Waals surface area contributed by atoms with Crippen molar-refractivity contribution in [1.82, 2.24) is 0 Å². The van der Waals surface area contributed by atoms with Gasteiger partial charge < -0.3 is 14.8 Å². The maximum absolute atomic E-state index is 13.2. The zero-order valence-corrected chi connectivity index (χ0v) is 10.2. The van der Waals surface area contributed by atoms with E-state index in [0.29, 0.717) is 19.1 Å². The minimum Gasteiger partial charge on any atom is -0.423 e. The summed E-state index contributed by atoms with van der Waals surface area (Å²) in [6.45, 7) is 5.22. The summed E-state index contributed by atoms with van der Waals surface area (Å²) in [4.78, 5) is 0. The van der Waals surface area contributed by atoms with E-state index in [1.807, 2.05) is 0 Å². The third kappa shape index (κ3) is 4.85. The van der Waals surface area contributed by atoms with Crippen molar-refractivity contribution >= 4 is 12.6 Å². The van der Waals surface area contributed by atoms with Crippen LogP contribution in [0.3, 0.4) is 0 Å². The van der Waals surface area contributed by atoms with E-state index in [4.69, 9.17) is 14.8 Å². The summed E-state index contributed by atoms with van der Waals surface area (Å²) >= 11 is 0. The van der Waals surface area contributed by atoms with Crippen LogP contribution in [-0.2, 0) is 11.3 Å². The number of benzene rings is 1. The van der Waals surface area contributed by atoms with Crippen molar-refractivity contribution in [3.63, 3.8) is 0 Å². The quantitative estimate of drug-likeness (QED) is 0.577. The Kier molecular flexibility index (Phi) is 5.61. The Morgan fingerprint density at radius 3 is 2.65 bits per heavy atom. The normalized spacial score (nSPS) is 10.9. The molecule has 0 heterocycles. The summed E-state index contributed by atoms with van der Waals surface area (Å²) < 4.78 is 18.6. The van der Waals surface area contributed by atoms with Gasteiger partial charge in [-0.15, -0.1) is 0 Å². The third-order valence-electron chi connectivity index (χ3n) is 2.45. The van der Waals surface area contributed by atoms with Crippen LogP contribution in [0.15, 0.2) is 18.2 Å². The molecule has 1 aromatic rings. The van der Waals surface area contributed by atoms with E-state index in [2.05, 4.69) is 13.8 Å². The molecule has 0 saturated carbocycles. The van der Waals surface area contributed by atoms with Gasteiger partial charge in [-0.25, -0.2) is 4.39 Å². The SMILES string of the molecule is CC(C)CCOCc1ccc(F)c(B(O)O)c1. The average Bonchev–Trinajstić information content (AvgIpc) is 2.25. The van der Waals surface area contributed by atoms with Gasteiger partial charge in [-0.1, -0.05) is 26.0 Å². The lowest BCUT2D eigenvalue weighted by Crippen LogP contribution is -2.33. The number of halogens is 1. The molecule has 0 amide bonds. The predicted molar refractivity (Wildman–Crippen MR) is 65.3 cm³/mol. The van der Waals surface area contributed by atoms with Gasteiger partial charge in [0.15, 0.2) is 0 Å². The van der Waals surface area contributed by atoms with Crippen LogP contribution in [0.5, 0.6) is 0 Å². The van der Waals surface area contributed by atoms with E-state index in [0.717, 1.165) is 12.0 Å². The van der Waals surface area contributed by atoms with Crippen molar-refractivity contribution in [1.29, 1.82) is 0 Å². The lowest BCUT2D eigenvalue weighted by molar-refractivity contribution is 0.110. The van der Waals surface area contributed by atoms with E-state index in [9.17, 15) is 4.39 Å². The molecule has 0 aliphatic heterocycles. The van der Waals surface area contributed by atoms with Crippen molar-refractivity contribution in [2.45, 2.75) is 26.9 Å². The highest BCUT2D eigenvalue weighted by molar-refractivity contribution is 6.58. The maximum Gasteiger partial charge on any atom is 0.491 e. The molecule has 5 heteroatoms. The van der Waals surface area contributed by atoms with Gasteiger partial charge in [-0.3, -0.25) is 0 Å². The smallest absolute Gasteiger partial charge is 0.423 e. The summed E-state index contributed by atoms with van der Waals surface area (Å²) in [5.41, 5.74) is 0.619. The Morgan fingerprint density at radius 1 is 1.35 bits per heavy atom. The van der Waals surface area contributed by atoms with Crippen LogP contribution in [0.4, 0.5) is 4.39 Å². The summed E-state index contributed by atoms with van der Waals surface area (Å²) in [6, 6.07) is 4.21. The molecule has 0 fully saturated rings. The zero-order chi connectivity index (χ0) is 12.8. The molecule has 1 rings (SSSR count). The third-order valence-corrected chi connectivity index (χ3v) is 2.45. The number of ether oxygens (including phenoxy) is 1. The van der Waals surface area contributed by atoms with Gasteiger partial charge in [-0.2, -0.15) is 0 Å². The second-order valence-corrected chi connectivity index (χ2v) is 4.46. The standard InChI is InChI=1S/C12H18BFO3/c1-9(2)5-6-17-8-10-3-4-12(14)11(7-10)13(15)16/h3-4,7,9,15-16H,5-6,8H2,1-2H3. The second kappa shape index (κ2) is 6.74. The topological polar surface area (TPSA) is 49.7 Å². The van der Waals surface area contributed by atoms with Gasteiger partial charge in [0.05, 0.1) is 6.61 Å². The monoisotopic (exact) mass is 240 g/mol. The van der Waals surface area contributed by atoms with Crippen molar-refractivity contribution in [2.24, 2.45) is 5.92 Å². The van der Waals surface area contributed by atoms with Crippen LogP contribution in [0.25, 0.3) is 0 Å². The second-order valence-electron chi connectivity index (χ2n) is 4.46. The van der Waals surface area contributed by atoms with Crippen molar-refractivity contribution in [2.75, 3.05) is 6.61 Å². The van der Waals surface area contributed by atoms with Gasteiger partial charge >= 0.3 is 7.12 Å². The molecule has 0 atom stereocenters. The molecule has 2 N–H and O–H groups in total. The summed E-state index contributed by atoms with van der Waals surface area (Å²) in [7, 11) is -1.79. The maximum atomic E-state index is 13.2. The van der Waals surface area contributed by atoms with Gasteiger partial charge in [0, 0.05) is 12.1 Å². The summed E-state index contributed by atoms with van der Waals surface area (Å²) in [5.74, 6) is -0.0380. The summed E-state index contributed by atoms with van der Waals surface area (Å²) in [5, 5.41) is 17.9. The molecular formula is C12H18BFO3. The molecule has 0 radical (unpaired) electrons. The fraction of sp³-hybridized carbons (Fsp3) is 0.500. The zero-order valence-electron chi connectivity index (χ0n) is 10.2. The number of hydrogen-bond acceptors (Lipinski definition) is 3. The van der Waals surface area contributed by atoms with Gasteiger partial charge in [0.1, 0.15) is 5.82 Å². The van der Waals surface area contributed by atoms with Crippen LogP contribution in [-0.4, -0.2) is 23.8 Å². The van der Waals surface area contributed by atoms with Crippen LogP contribution in [0.1, 0.15) is 25.8 Å². The van der Waals surface area contributed by atoms with E-state index in [1.54, 1.807) is 6.07 Å². The lowest BCUT2D eigenvalue weighted by atomic mass is 9.79. The van der Waals surface area contributed by atoms with Gasteiger partial charge in [-0.05, 0) is 24.0 Å². The Bertz CT molecular complexity index is 356. The van der Waals surface area contributed by atoms with E-state index < -0.39 is 12.9 Å². The molecule has 0 aliphatic rings. The Hall–Kier alpha value is -0.905. The predicted octanol–water partition coefficient (Wildman–Crippen LogP) is 1.07. The lowest BCUT2D eigenvalue weighted by Gasteiger charge is -2.08. The van der Waals surface area contributed by atoms with Crippen LogP contribution >= 0.6 is 0 Å². The first-order valence-corrected chi connectivity index (χ1v) is 5.73. The molecule has 0 aromatic heterocycles. The fourth-order valence-corrected chi connectivity index (χ4v) is 1.39. The molecular weight excluding hydrogens is 222 g/mol. The number of rotatable bonds is 6. The van der Waals surface area contributed by atoms with E-state index in [1.165, 1.54) is 12.1 Å². The Balaban J connectivity index is 2.51. The van der Waals surface area contributed by atoms with Crippen LogP contribution in [0.2, 0.25) is 0 Å². The molecule has 0 aliphatic carbocycles. The highest BCUT2D eigenvalue weighted by atomic mass is 19.1. The Morgan fingerprint density at radius 2 is 2.06 bits per heavy atom. The van der Waals surface area contributed by atoms with Gasteiger partial charge in [0.2, 0.25) is 0 Å². The highest BCUT2D eigenvalue weighted by Crippen LogP contribution is 2.05. The van der Waals surface area contributed by atoms with Crippen molar-refractivity contribution < 1.29 is 19.2 Å². The van der Waals surface area contributed by atoms with E-state index in [-0.39, 0.29) is 5.46 Å². The molecule has 94 valence electrons. The average molecular weight is 240 g/mol. The van der Waals surface area contributed by atoms with Crippen LogP contribution < -0.4 is 5.46 Å². The molecule has 1 aromatic carbocycles. The first-order valence-electron chi connectivity index (χ1n) is 5.73. The molecule has 0 saturated heterocycles. The Labute approximate surface area is 101 Å². The first kappa shape index (κ1) is 14.2.